The van der Waals surface area contributed by atoms with Gasteiger partial charge in [0.25, 0.3) is 11.2 Å². The number of carbonyl (C=O) groups excluding carboxylic acids is 1. The first kappa shape index (κ1) is 28.1. The summed E-state index contributed by atoms with van der Waals surface area (Å²) >= 11 is 6.66. The normalized spacial score (nSPS) is 15.4. The summed E-state index contributed by atoms with van der Waals surface area (Å²) in [4.78, 5) is 40.5. The van der Waals surface area contributed by atoms with Crippen molar-refractivity contribution in [2.24, 2.45) is 4.99 Å². The number of rotatable bonds is 6. The zero-order valence-corrected chi connectivity index (χ0v) is 22.4. The summed E-state index contributed by atoms with van der Waals surface area (Å²) in [6, 6.07) is 13.0. The predicted molar refractivity (Wildman–Crippen MR) is 143 cm³/mol. The Morgan fingerprint density at radius 2 is 1.95 bits per heavy atom. The van der Waals surface area contributed by atoms with E-state index in [0.717, 1.165) is 4.57 Å². The van der Waals surface area contributed by atoms with E-state index in [1.807, 2.05) is 0 Å². The Hall–Kier alpha value is -4.49. The van der Waals surface area contributed by atoms with Gasteiger partial charge in [0.1, 0.15) is 11.5 Å². The van der Waals surface area contributed by atoms with Gasteiger partial charge in [-0.2, -0.15) is 13.2 Å². The molecule has 0 bridgehead atoms. The monoisotopic (exact) mass is 603 g/mol. The van der Waals surface area contributed by atoms with Crippen LogP contribution in [0.15, 0.2) is 86.1 Å². The van der Waals surface area contributed by atoms with Crippen LogP contribution in [0.5, 0.6) is 0 Å². The summed E-state index contributed by atoms with van der Waals surface area (Å²) in [5.41, 5.74) is -2.55. The molecule has 0 spiro atoms. The minimum atomic E-state index is -5.03. The molecule has 0 amide bonds. The molecule has 0 aliphatic carbocycles. The van der Waals surface area contributed by atoms with Gasteiger partial charge in [0, 0.05) is 28.8 Å². The van der Waals surface area contributed by atoms with E-state index in [0.29, 0.717) is 21.9 Å². The van der Waals surface area contributed by atoms with Crippen molar-refractivity contribution in [2.45, 2.75) is 19.1 Å². The Kier molecular flexibility index (Phi) is 7.41. The molecule has 210 valence electrons. The van der Waals surface area contributed by atoms with Crippen LogP contribution >= 0.6 is 22.9 Å². The lowest BCUT2D eigenvalue weighted by atomic mass is 9.95. The van der Waals surface area contributed by atoms with Gasteiger partial charge in [0.05, 0.1) is 27.7 Å². The fraction of sp³-hybridized carbons (Fsp3) is 0.148. The number of esters is 1. The molecular formula is C27H17ClF3N3O6S. The fourth-order valence-electron chi connectivity index (χ4n) is 4.29. The van der Waals surface area contributed by atoms with Crippen LogP contribution in [0.4, 0.5) is 18.9 Å². The smallest absolute Gasteiger partial charge is 0.434 e. The number of furan rings is 1. The van der Waals surface area contributed by atoms with Gasteiger partial charge in [0.15, 0.2) is 10.5 Å². The molecular weight excluding hydrogens is 587 g/mol. The molecule has 0 saturated heterocycles. The quantitative estimate of drug-likeness (QED) is 0.171. The molecule has 3 heterocycles. The third-order valence-corrected chi connectivity index (χ3v) is 7.26. The van der Waals surface area contributed by atoms with Crippen molar-refractivity contribution >= 4 is 40.7 Å². The Labute approximate surface area is 237 Å². The number of aromatic nitrogens is 1. The number of hydrogen-bond acceptors (Lipinski definition) is 8. The molecule has 1 atom stereocenters. The Balaban J connectivity index is 1.68. The number of halogens is 4. The van der Waals surface area contributed by atoms with Crippen LogP contribution in [-0.4, -0.2) is 28.2 Å². The average molecular weight is 604 g/mol. The Morgan fingerprint density at radius 1 is 1.22 bits per heavy atom. The van der Waals surface area contributed by atoms with Crippen molar-refractivity contribution in [1.29, 1.82) is 0 Å². The maximum atomic E-state index is 14.2. The summed E-state index contributed by atoms with van der Waals surface area (Å²) in [6.07, 6.45) is -3.71. The van der Waals surface area contributed by atoms with Gasteiger partial charge < -0.3 is 9.15 Å². The van der Waals surface area contributed by atoms with Gasteiger partial charge >= 0.3 is 12.1 Å². The molecule has 1 aliphatic heterocycles. The highest BCUT2D eigenvalue weighted by Crippen LogP contribution is 2.38. The van der Waals surface area contributed by atoms with Crippen molar-refractivity contribution in [3.05, 3.63) is 118 Å². The van der Waals surface area contributed by atoms with Gasteiger partial charge in [-0.25, -0.2) is 9.79 Å². The van der Waals surface area contributed by atoms with Gasteiger partial charge in [-0.3, -0.25) is 19.5 Å². The highest BCUT2D eigenvalue weighted by Gasteiger charge is 2.45. The van der Waals surface area contributed by atoms with Crippen molar-refractivity contribution in [3.63, 3.8) is 0 Å². The van der Waals surface area contributed by atoms with Crippen LogP contribution in [-0.2, 0) is 9.53 Å². The van der Waals surface area contributed by atoms with Crippen molar-refractivity contribution in [2.75, 3.05) is 6.61 Å². The van der Waals surface area contributed by atoms with E-state index >= 15 is 0 Å². The first-order valence-electron chi connectivity index (χ1n) is 11.9. The molecule has 14 heteroatoms. The predicted octanol–water partition coefficient (Wildman–Crippen LogP) is 5.16. The van der Waals surface area contributed by atoms with Crippen LogP contribution in [0.25, 0.3) is 17.4 Å². The van der Waals surface area contributed by atoms with E-state index in [4.69, 9.17) is 20.8 Å². The number of allylic oxidation sites excluding steroid dienone is 1. The molecule has 0 saturated carbocycles. The van der Waals surface area contributed by atoms with E-state index in [1.54, 1.807) is 12.1 Å². The topological polar surface area (TPSA) is 117 Å². The second-order valence-corrected chi connectivity index (χ2v) is 10.1. The highest BCUT2D eigenvalue weighted by atomic mass is 35.5. The molecule has 0 unspecified atom stereocenters. The fourth-order valence-corrected chi connectivity index (χ4v) is 5.40. The van der Waals surface area contributed by atoms with Crippen LogP contribution in [0, 0.1) is 10.1 Å². The van der Waals surface area contributed by atoms with Crippen LogP contribution in [0.1, 0.15) is 24.3 Å². The van der Waals surface area contributed by atoms with E-state index in [1.165, 1.54) is 61.5 Å². The standard InChI is InChI=1S/C27H17ClF3N3O6S/c1-2-39-25(36)21-22(14-6-8-16(28)9-7-14)33-24(35)20(41-26(33)32-23(21)27(29,30)31)13-18-10-11-19(40-18)15-4-3-5-17(12-15)34(37)38/h3-13,22H,2H2,1H3/b20-13-/t22-/m0/s1. The third-order valence-electron chi connectivity index (χ3n) is 6.02. The van der Waals surface area contributed by atoms with Gasteiger partial charge in [-0.1, -0.05) is 47.2 Å². The van der Waals surface area contributed by atoms with Gasteiger partial charge in [-0.05, 0) is 36.8 Å². The second kappa shape index (κ2) is 10.8. The molecule has 0 N–H and O–H groups in total. The van der Waals surface area contributed by atoms with E-state index < -0.39 is 39.9 Å². The number of alkyl halides is 3. The van der Waals surface area contributed by atoms with Crippen LogP contribution < -0.4 is 14.9 Å². The molecule has 1 aliphatic rings. The molecule has 9 nitrogen and oxygen atoms in total. The number of carbonyl (C=O) groups is 1. The first-order chi connectivity index (χ1) is 19.5. The lowest BCUT2D eigenvalue weighted by Gasteiger charge is -2.26. The van der Waals surface area contributed by atoms with Crippen LogP contribution in [0.3, 0.4) is 0 Å². The third kappa shape index (κ3) is 5.45. The number of thiazole rings is 1. The summed E-state index contributed by atoms with van der Waals surface area (Å²) in [6.45, 7) is 1.25. The van der Waals surface area contributed by atoms with Crippen molar-refractivity contribution in [1.82, 2.24) is 4.57 Å². The summed E-state index contributed by atoms with van der Waals surface area (Å²) in [5, 5.41) is 11.4. The van der Waals surface area contributed by atoms with Gasteiger partial charge in [-0.15, -0.1) is 0 Å². The summed E-state index contributed by atoms with van der Waals surface area (Å²) in [5.74, 6) is -0.818. The number of fused-ring (bicyclic) bond motifs is 1. The maximum absolute atomic E-state index is 14.2. The molecule has 2 aromatic carbocycles. The first-order valence-corrected chi connectivity index (χ1v) is 13.1. The number of ether oxygens (including phenoxy) is 1. The molecule has 2 aromatic heterocycles. The van der Waals surface area contributed by atoms with Crippen LogP contribution in [0.2, 0.25) is 5.02 Å². The second-order valence-electron chi connectivity index (χ2n) is 8.62. The largest absolute Gasteiger partial charge is 0.463 e. The number of nitro benzene ring substituents is 1. The SMILES string of the molecule is CCOC(=O)C1=C(C(F)(F)F)N=c2s/c(=C\c3ccc(-c4cccc([N+](=O)[O-])c4)o3)c(=O)n2[C@H]1c1ccc(Cl)cc1. The van der Waals surface area contributed by atoms with Crippen molar-refractivity contribution in [3.8, 4) is 11.3 Å². The van der Waals surface area contributed by atoms with E-state index in [9.17, 15) is 32.9 Å². The van der Waals surface area contributed by atoms with E-state index in [2.05, 4.69) is 4.99 Å². The number of hydrogen-bond donors (Lipinski definition) is 0. The summed E-state index contributed by atoms with van der Waals surface area (Å²) in [7, 11) is 0. The minimum absolute atomic E-state index is 0.0192. The lowest BCUT2D eigenvalue weighted by molar-refractivity contribution is -0.384. The Bertz CT molecular complexity index is 1890. The molecule has 5 rings (SSSR count). The highest BCUT2D eigenvalue weighted by molar-refractivity contribution is 7.07. The number of nitro groups is 1. The lowest BCUT2D eigenvalue weighted by Crippen LogP contribution is -2.41. The van der Waals surface area contributed by atoms with E-state index in [-0.39, 0.29) is 38.7 Å². The number of non-ortho nitro benzene ring substituents is 1. The number of nitrogens with zero attached hydrogens (tertiary/aromatic N) is 3. The molecule has 4 aromatic rings. The Morgan fingerprint density at radius 3 is 2.61 bits per heavy atom. The average Bonchev–Trinajstić information content (AvgIpc) is 3.52. The number of benzene rings is 2. The molecule has 0 fully saturated rings. The van der Waals surface area contributed by atoms with Crippen molar-refractivity contribution < 1.29 is 32.0 Å². The molecule has 0 radical (unpaired) electrons. The summed E-state index contributed by atoms with van der Waals surface area (Å²) < 4.78 is 54.3. The van der Waals surface area contributed by atoms with Gasteiger partial charge in [0.2, 0.25) is 0 Å². The zero-order chi connectivity index (χ0) is 29.5. The molecule has 41 heavy (non-hydrogen) atoms. The maximum Gasteiger partial charge on any atom is 0.434 e. The minimum Gasteiger partial charge on any atom is -0.463 e. The zero-order valence-electron chi connectivity index (χ0n) is 20.8.